The van der Waals surface area contributed by atoms with E-state index in [-0.39, 0.29) is 5.91 Å². The fraction of sp³-hybridized carbons (Fsp3) is 0.500. The largest absolute Gasteiger partial charge is 0.355 e. The normalized spacial score (nSPS) is 15.7. The molecule has 0 unspecified atom stereocenters. The third-order valence-electron chi connectivity index (χ3n) is 4.33. The number of anilines is 1. The number of nitrogens with zero attached hydrogens (tertiary/aromatic N) is 5. The number of rotatable bonds is 4. The number of aromatic nitrogens is 4. The number of aryl methyl sites for hydroxylation is 2. The van der Waals surface area contributed by atoms with Gasteiger partial charge in [0.2, 0.25) is 0 Å². The molecule has 0 aliphatic carbocycles. The van der Waals surface area contributed by atoms with Crippen LogP contribution in [0.15, 0.2) is 24.4 Å². The molecule has 3 rings (SSSR count). The molecular formula is C16H22N6O. The topological polar surface area (TPSA) is 75.9 Å². The second-order valence-electron chi connectivity index (χ2n) is 6.01. The fourth-order valence-electron chi connectivity index (χ4n) is 2.85. The number of carbonyl (C=O) groups excluding carboxylic acids is 1. The van der Waals surface area contributed by atoms with E-state index in [0.717, 1.165) is 37.4 Å². The molecule has 2 aromatic heterocycles. The summed E-state index contributed by atoms with van der Waals surface area (Å²) in [6, 6.07) is 5.74. The van der Waals surface area contributed by atoms with Gasteiger partial charge in [0, 0.05) is 32.9 Å². The van der Waals surface area contributed by atoms with Crippen LogP contribution in [0.25, 0.3) is 0 Å². The van der Waals surface area contributed by atoms with Crippen molar-refractivity contribution in [2.75, 3.05) is 24.5 Å². The molecule has 0 saturated carbocycles. The van der Waals surface area contributed by atoms with Crippen LogP contribution in [0.3, 0.4) is 0 Å². The minimum Gasteiger partial charge on any atom is -0.355 e. The summed E-state index contributed by atoms with van der Waals surface area (Å²) in [6.45, 7) is 4.54. The molecule has 0 atom stereocenters. The number of piperidine rings is 1. The first-order valence-corrected chi connectivity index (χ1v) is 7.95. The lowest BCUT2D eigenvalue weighted by molar-refractivity contribution is 0.0935. The van der Waals surface area contributed by atoms with Crippen molar-refractivity contribution in [3.05, 3.63) is 35.8 Å². The quantitative estimate of drug-likeness (QED) is 0.916. The molecule has 1 saturated heterocycles. The fourth-order valence-corrected chi connectivity index (χ4v) is 2.85. The SMILES string of the molecule is Cc1ccc(N2CCC(CNC(=O)c3ccnn3C)CC2)nn1. The van der Waals surface area contributed by atoms with Gasteiger partial charge in [-0.15, -0.1) is 5.10 Å². The lowest BCUT2D eigenvalue weighted by Crippen LogP contribution is -2.39. The molecule has 7 nitrogen and oxygen atoms in total. The van der Waals surface area contributed by atoms with Crippen molar-refractivity contribution >= 4 is 11.7 Å². The van der Waals surface area contributed by atoms with Crippen LogP contribution in [0.5, 0.6) is 0 Å². The number of hydrogen-bond donors (Lipinski definition) is 1. The highest BCUT2D eigenvalue weighted by molar-refractivity contribution is 5.92. The van der Waals surface area contributed by atoms with E-state index in [2.05, 4.69) is 25.5 Å². The minimum atomic E-state index is -0.0585. The van der Waals surface area contributed by atoms with Crippen molar-refractivity contribution in [3.8, 4) is 0 Å². The number of hydrogen-bond acceptors (Lipinski definition) is 5. The molecule has 1 aliphatic heterocycles. The molecule has 0 aromatic carbocycles. The van der Waals surface area contributed by atoms with Gasteiger partial charge in [0.15, 0.2) is 5.82 Å². The Morgan fingerprint density at radius 2 is 2.04 bits per heavy atom. The van der Waals surface area contributed by atoms with Crippen LogP contribution in [-0.2, 0) is 7.05 Å². The predicted octanol–water partition coefficient (Wildman–Crippen LogP) is 1.16. The zero-order valence-electron chi connectivity index (χ0n) is 13.6. The highest BCUT2D eigenvalue weighted by atomic mass is 16.2. The second kappa shape index (κ2) is 6.76. The van der Waals surface area contributed by atoms with Gasteiger partial charge in [-0.25, -0.2) is 0 Å². The van der Waals surface area contributed by atoms with Gasteiger partial charge in [-0.1, -0.05) is 0 Å². The van der Waals surface area contributed by atoms with E-state index in [0.29, 0.717) is 18.2 Å². The Labute approximate surface area is 135 Å². The second-order valence-corrected chi connectivity index (χ2v) is 6.01. The van der Waals surface area contributed by atoms with Gasteiger partial charge in [-0.3, -0.25) is 9.48 Å². The van der Waals surface area contributed by atoms with Gasteiger partial charge in [-0.2, -0.15) is 10.2 Å². The van der Waals surface area contributed by atoms with Crippen molar-refractivity contribution in [2.45, 2.75) is 19.8 Å². The summed E-state index contributed by atoms with van der Waals surface area (Å²) in [5.41, 5.74) is 1.53. The van der Waals surface area contributed by atoms with E-state index < -0.39 is 0 Å². The van der Waals surface area contributed by atoms with Gasteiger partial charge in [0.05, 0.1) is 5.69 Å². The Morgan fingerprint density at radius 1 is 1.26 bits per heavy atom. The molecular weight excluding hydrogens is 292 g/mol. The smallest absolute Gasteiger partial charge is 0.269 e. The first-order valence-electron chi connectivity index (χ1n) is 7.95. The Morgan fingerprint density at radius 3 is 2.65 bits per heavy atom. The van der Waals surface area contributed by atoms with E-state index in [1.165, 1.54) is 0 Å². The number of nitrogens with one attached hydrogen (secondary N) is 1. The first-order chi connectivity index (χ1) is 11.1. The Kier molecular flexibility index (Phi) is 4.55. The van der Waals surface area contributed by atoms with Gasteiger partial charge in [0.25, 0.3) is 5.91 Å². The zero-order valence-corrected chi connectivity index (χ0v) is 13.6. The van der Waals surface area contributed by atoms with Crippen LogP contribution >= 0.6 is 0 Å². The van der Waals surface area contributed by atoms with E-state index in [4.69, 9.17) is 0 Å². The highest BCUT2D eigenvalue weighted by Crippen LogP contribution is 2.21. The van der Waals surface area contributed by atoms with Crippen LogP contribution in [0.2, 0.25) is 0 Å². The molecule has 1 amide bonds. The van der Waals surface area contributed by atoms with Crippen LogP contribution < -0.4 is 10.2 Å². The van der Waals surface area contributed by atoms with Crippen molar-refractivity contribution in [3.63, 3.8) is 0 Å². The zero-order chi connectivity index (χ0) is 16.2. The Balaban J connectivity index is 1.47. The average molecular weight is 314 g/mol. The van der Waals surface area contributed by atoms with Crippen molar-refractivity contribution in [1.29, 1.82) is 0 Å². The third kappa shape index (κ3) is 3.67. The average Bonchev–Trinajstić information content (AvgIpc) is 3.00. The van der Waals surface area contributed by atoms with Crippen molar-refractivity contribution in [1.82, 2.24) is 25.3 Å². The summed E-state index contributed by atoms with van der Waals surface area (Å²) < 4.78 is 1.59. The summed E-state index contributed by atoms with van der Waals surface area (Å²) >= 11 is 0. The Hall–Kier alpha value is -2.44. The molecule has 7 heteroatoms. The maximum Gasteiger partial charge on any atom is 0.269 e. The van der Waals surface area contributed by atoms with Gasteiger partial charge in [0.1, 0.15) is 5.69 Å². The van der Waals surface area contributed by atoms with Crippen molar-refractivity contribution in [2.24, 2.45) is 13.0 Å². The Bertz CT molecular complexity index is 657. The lowest BCUT2D eigenvalue weighted by Gasteiger charge is -2.32. The summed E-state index contributed by atoms with van der Waals surface area (Å²) in [6.07, 6.45) is 3.72. The molecule has 2 aromatic rings. The summed E-state index contributed by atoms with van der Waals surface area (Å²) in [5.74, 6) is 1.38. The van der Waals surface area contributed by atoms with Gasteiger partial charge in [-0.05, 0) is 43.9 Å². The number of amides is 1. The maximum absolute atomic E-state index is 12.1. The monoisotopic (exact) mass is 314 g/mol. The first kappa shape index (κ1) is 15.5. The molecule has 0 bridgehead atoms. The molecule has 122 valence electrons. The van der Waals surface area contributed by atoms with E-state index >= 15 is 0 Å². The predicted molar refractivity (Wildman–Crippen MR) is 87.2 cm³/mol. The van der Waals surface area contributed by atoms with Crippen LogP contribution in [0.1, 0.15) is 29.0 Å². The summed E-state index contributed by atoms with van der Waals surface area (Å²) in [7, 11) is 1.77. The summed E-state index contributed by atoms with van der Waals surface area (Å²) in [4.78, 5) is 14.3. The van der Waals surface area contributed by atoms with Gasteiger partial charge >= 0.3 is 0 Å². The van der Waals surface area contributed by atoms with E-state index in [9.17, 15) is 4.79 Å². The minimum absolute atomic E-state index is 0.0585. The van der Waals surface area contributed by atoms with Gasteiger partial charge < -0.3 is 10.2 Å². The summed E-state index contributed by atoms with van der Waals surface area (Å²) in [5, 5.41) is 15.4. The molecule has 1 N–H and O–H groups in total. The van der Waals surface area contributed by atoms with E-state index in [1.807, 2.05) is 19.1 Å². The molecule has 1 fully saturated rings. The number of carbonyl (C=O) groups is 1. The van der Waals surface area contributed by atoms with Crippen LogP contribution in [0.4, 0.5) is 5.82 Å². The third-order valence-corrected chi connectivity index (χ3v) is 4.33. The molecule has 3 heterocycles. The highest BCUT2D eigenvalue weighted by Gasteiger charge is 2.21. The van der Waals surface area contributed by atoms with Crippen molar-refractivity contribution < 1.29 is 4.79 Å². The van der Waals surface area contributed by atoms with E-state index in [1.54, 1.807) is 24.0 Å². The molecule has 1 aliphatic rings. The van der Waals surface area contributed by atoms with Crippen LogP contribution in [-0.4, -0.2) is 45.5 Å². The molecule has 0 spiro atoms. The maximum atomic E-state index is 12.1. The molecule has 23 heavy (non-hydrogen) atoms. The standard InChI is InChI=1S/C16H22N6O/c1-12-3-4-15(20-19-12)22-9-6-13(7-10-22)11-17-16(23)14-5-8-18-21(14)2/h3-5,8,13H,6-7,9-11H2,1-2H3,(H,17,23). The van der Waals surface area contributed by atoms with Crippen LogP contribution in [0, 0.1) is 12.8 Å². The lowest BCUT2D eigenvalue weighted by atomic mass is 9.96. The molecule has 0 radical (unpaired) electrons.